The summed E-state index contributed by atoms with van der Waals surface area (Å²) in [6.45, 7) is 4.47. The molecule has 4 fully saturated rings. The Morgan fingerprint density at radius 1 is 0.967 bits per heavy atom. The quantitative estimate of drug-likeness (QED) is 0.631. The second kappa shape index (κ2) is 7.36. The fourth-order valence-corrected chi connectivity index (χ4v) is 8.55. The summed E-state index contributed by atoms with van der Waals surface area (Å²) in [5.41, 5.74) is 0.454. The summed E-state index contributed by atoms with van der Waals surface area (Å²) in [5.74, 6) is 4.95. The monoisotopic (exact) mass is 410 g/mol. The van der Waals surface area contributed by atoms with Gasteiger partial charge in [-0.25, -0.2) is 0 Å². The van der Waals surface area contributed by atoms with Gasteiger partial charge in [0.25, 0.3) is 0 Å². The molecule has 3 heteroatoms. The molecule has 0 heterocycles. The minimum absolute atomic E-state index is 0.129. The molecule has 5 rings (SSSR count). The Balaban J connectivity index is 1.38. The normalized spacial score (nSPS) is 45.2. The molecule has 4 aliphatic rings. The highest BCUT2D eigenvalue weighted by Crippen LogP contribution is 2.65. The van der Waals surface area contributed by atoms with Crippen LogP contribution in [0.5, 0.6) is 5.75 Å². The Labute approximate surface area is 181 Å². The minimum Gasteiger partial charge on any atom is -0.496 e. The van der Waals surface area contributed by atoms with Crippen LogP contribution in [0.25, 0.3) is 0 Å². The van der Waals surface area contributed by atoms with Gasteiger partial charge in [-0.2, -0.15) is 0 Å². The fourth-order valence-electron chi connectivity index (χ4n) is 8.55. The molecule has 4 aliphatic carbocycles. The first-order valence-electron chi connectivity index (χ1n) is 12.2. The zero-order valence-corrected chi connectivity index (χ0v) is 18.9. The smallest absolute Gasteiger partial charge is 0.170 e. The fraction of sp³-hybridized carbons (Fsp3) is 0.741. The van der Waals surface area contributed by atoms with Crippen molar-refractivity contribution in [1.29, 1.82) is 0 Å². The van der Waals surface area contributed by atoms with Gasteiger partial charge in [0.15, 0.2) is 5.78 Å². The van der Waals surface area contributed by atoms with E-state index in [1.807, 2.05) is 31.2 Å². The number of carbonyl (C=O) groups is 1. The number of ether oxygens (including phenoxy) is 1. The van der Waals surface area contributed by atoms with Crippen LogP contribution in [0, 0.1) is 40.9 Å². The van der Waals surface area contributed by atoms with E-state index in [-0.39, 0.29) is 11.3 Å². The third kappa shape index (κ3) is 3.15. The Hall–Kier alpha value is -1.35. The highest BCUT2D eigenvalue weighted by molar-refractivity contribution is 6.01. The number of rotatable bonds is 3. The lowest BCUT2D eigenvalue weighted by Crippen LogP contribution is -2.51. The van der Waals surface area contributed by atoms with Crippen molar-refractivity contribution in [2.24, 2.45) is 40.9 Å². The Morgan fingerprint density at radius 2 is 1.73 bits per heavy atom. The van der Waals surface area contributed by atoms with Gasteiger partial charge in [0.05, 0.1) is 18.3 Å². The summed E-state index contributed by atoms with van der Waals surface area (Å²) in [6.07, 6.45) is 10.4. The van der Waals surface area contributed by atoms with E-state index in [2.05, 4.69) is 6.92 Å². The second-order valence-electron chi connectivity index (χ2n) is 11.4. The number of benzene rings is 1. The molecule has 0 unspecified atom stereocenters. The lowest BCUT2D eigenvalue weighted by molar-refractivity contribution is -0.0976. The first-order chi connectivity index (χ1) is 14.3. The van der Waals surface area contributed by atoms with Gasteiger partial charge in [-0.1, -0.05) is 19.1 Å². The van der Waals surface area contributed by atoms with Crippen molar-refractivity contribution < 1.29 is 14.6 Å². The van der Waals surface area contributed by atoms with Crippen molar-refractivity contribution in [2.45, 2.75) is 77.2 Å². The van der Waals surface area contributed by atoms with Crippen LogP contribution in [-0.4, -0.2) is 23.6 Å². The molecular formula is C27H38O3. The van der Waals surface area contributed by atoms with Crippen LogP contribution in [0.15, 0.2) is 24.3 Å². The van der Waals surface area contributed by atoms with Gasteiger partial charge in [-0.3, -0.25) is 4.79 Å². The molecule has 0 aromatic heterocycles. The molecule has 0 radical (unpaired) electrons. The average molecular weight is 411 g/mol. The number of Topliss-reactive ketones (excluding diaryl/α,β-unsaturated/α-hetero) is 1. The lowest BCUT2D eigenvalue weighted by Gasteiger charge is -2.56. The van der Waals surface area contributed by atoms with E-state index in [4.69, 9.17) is 4.74 Å². The van der Waals surface area contributed by atoms with Crippen LogP contribution < -0.4 is 4.74 Å². The molecule has 0 spiro atoms. The van der Waals surface area contributed by atoms with Gasteiger partial charge in [0, 0.05) is 5.92 Å². The minimum atomic E-state index is -0.448. The number of carbonyl (C=O) groups excluding carboxylic acids is 1. The topological polar surface area (TPSA) is 46.5 Å². The summed E-state index contributed by atoms with van der Waals surface area (Å²) >= 11 is 0. The van der Waals surface area contributed by atoms with Crippen molar-refractivity contribution in [3.63, 3.8) is 0 Å². The second-order valence-corrected chi connectivity index (χ2v) is 11.4. The molecule has 1 N–H and O–H groups in total. The summed E-state index contributed by atoms with van der Waals surface area (Å²) in [5, 5.41) is 10.6. The highest BCUT2D eigenvalue weighted by Gasteiger charge is 2.59. The average Bonchev–Trinajstić information content (AvgIpc) is 3.09. The van der Waals surface area contributed by atoms with Crippen molar-refractivity contribution in [1.82, 2.24) is 0 Å². The maximum atomic E-state index is 13.6. The van der Waals surface area contributed by atoms with Crippen molar-refractivity contribution in [3.05, 3.63) is 29.8 Å². The van der Waals surface area contributed by atoms with E-state index in [1.165, 1.54) is 38.5 Å². The van der Waals surface area contributed by atoms with E-state index < -0.39 is 5.60 Å². The largest absolute Gasteiger partial charge is 0.496 e. The van der Waals surface area contributed by atoms with Crippen LogP contribution in [0.1, 0.15) is 82.0 Å². The van der Waals surface area contributed by atoms with Crippen LogP contribution in [0.3, 0.4) is 0 Å². The zero-order chi connectivity index (χ0) is 21.1. The number of methoxy groups -OCH3 is 1. The van der Waals surface area contributed by atoms with Gasteiger partial charge in [-0.05, 0) is 112 Å². The van der Waals surface area contributed by atoms with Crippen LogP contribution >= 0.6 is 0 Å². The molecule has 0 saturated heterocycles. The van der Waals surface area contributed by atoms with E-state index in [0.29, 0.717) is 17.6 Å². The van der Waals surface area contributed by atoms with Gasteiger partial charge < -0.3 is 9.84 Å². The molecule has 3 nitrogen and oxygen atoms in total. The predicted octanol–water partition coefficient (Wildman–Crippen LogP) is 5.90. The van der Waals surface area contributed by atoms with E-state index in [1.54, 1.807) is 7.11 Å². The summed E-state index contributed by atoms with van der Waals surface area (Å²) in [4.78, 5) is 13.6. The summed E-state index contributed by atoms with van der Waals surface area (Å²) in [6, 6.07) is 7.77. The molecule has 8 atom stereocenters. The lowest BCUT2D eigenvalue weighted by atomic mass is 9.49. The van der Waals surface area contributed by atoms with Gasteiger partial charge in [-0.15, -0.1) is 0 Å². The standard InChI is InChI=1S/C27H38O3/c1-26(29)14-12-18-17(16-26)8-9-20-19(18)13-15-27(2)22(20)10-11-23(27)25(28)21-6-4-5-7-24(21)30-3/h4-7,17-20,22-23,29H,8-16H2,1-3H3/t17-,18-,19+,20+,22-,23+,26+,27-/m0/s1. The first-order valence-corrected chi connectivity index (χ1v) is 12.2. The summed E-state index contributed by atoms with van der Waals surface area (Å²) < 4.78 is 5.52. The molecule has 164 valence electrons. The first kappa shape index (κ1) is 20.5. The number of para-hydroxylation sites is 1. The van der Waals surface area contributed by atoms with Crippen molar-refractivity contribution in [2.75, 3.05) is 7.11 Å². The zero-order valence-electron chi connectivity index (χ0n) is 18.9. The van der Waals surface area contributed by atoms with Gasteiger partial charge in [0.2, 0.25) is 0 Å². The molecule has 0 amide bonds. The maximum Gasteiger partial charge on any atom is 0.170 e. The van der Waals surface area contributed by atoms with Crippen molar-refractivity contribution >= 4 is 5.78 Å². The van der Waals surface area contributed by atoms with Crippen LogP contribution in [-0.2, 0) is 0 Å². The molecule has 4 saturated carbocycles. The molecule has 1 aromatic rings. The Kier molecular flexibility index (Phi) is 5.04. The van der Waals surface area contributed by atoms with Crippen molar-refractivity contribution in [3.8, 4) is 5.75 Å². The third-order valence-corrected chi connectivity index (χ3v) is 9.93. The number of fused-ring (bicyclic) bond motifs is 5. The van der Waals surface area contributed by atoms with E-state index in [9.17, 15) is 9.90 Å². The predicted molar refractivity (Wildman–Crippen MR) is 119 cm³/mol. The van der Waals surface area contributed by atoms with Gasteiger partial charge in [0.1, 0.15) is 5.75 Å². The number of hydrogen-bond acceptors (Lipinski definition) is 3. The van der Waals surface area contributed by atoms with Crippen LogP contribution in [0.4, 0.5) is 0 Å². The molecule has 0 aliphatic heterocycles. The molecule has 30 heavy (non-hydrogen) atoms. The SMILES string of the molecule is COc1ccccc1C(=O)[C@H]1CC[C@H]2[C@@H]3CC[C@H]4C[C@](C)(O)CC[C@@H]4[C@H]3CC[C@]12C. The van der Waals surface area contributed by atoms with E-state index >= 15 is 0 Å². The highest BCUT2D eigenvalue weighted by atomic mass is 16.5. The molecule has 1 aromatic carbocycles. The number of hydrogen-bond donors (Lipinski definition) is 1. The summed E-state index contributed by atoms with van der Waals surface area (Å²) in [7, 11) is 1.66. The Morgan fingerprint density at radius 3 is 2.53 bits per heavy atom. The van der Waals surface area contributed by atoms with E-state index in [0.717, 1.165) is 48.3 Å². The number of ketones is 1. The molecule has 0 bridgehead atoms. The van der Waals surface area contributed by atoms with Crippen LogP contribution in [0.2, 0.25) is 0 Å². The van der Waals surface area contributed by atoms with Gasteiger partial charge >= 0.3 is 0 Å². The molecular weight excluding hydrogens is 372 g/mol. The number of aliphatic hydroxyl groups is 1. The maximum absolute atomic E-state index is 13.6. The Bertz CT molecular complexity index is 814. The third-order valence-electron chi connectivity index (χ3n) is 9.93.